The van der Waals surface area contributed by atoms with Crippen molar-refractivity contribution in [3.8, 4) is 0 Å². The zero-order valence-electron chi connectivity index (χ0n) is 10.5. The summed E-state index contributed by atoms with van der Waals surface area (Å²) in [5.41, 5.74) is 3.45. The van der Waals surface area contributed by atoms with Crippen molar-refractivity contribution in [3.05, 3.63) is 59.9 Å². The Morgan fingerprint density at radius 2 is 1.78 bits per heavy atom. The van der Waals surface area contributed by atoms with Crippen LogP contribution in [0, 0.1) is 0 Å². The molecule has 3 nitrogen and oxygen atoms in total. The summed E-state index contributed by atoms with van der Waals surface area (Å²) in [5, 5.41) is 12.3. The molecule has 0 bridgehead atoms. The van der Waals surface area contributed by atoms with E-state index in [0.29, 0.717) is 6.42 Å². The topological polar surface area (TPSA) is 45.1 Å². The van der Waals surface area contributed by atoms with Gasteiger partial charge in [0.05, 0.1) is 0 Å². The number of aliphatic hydroxyl groups is 1. The number of pyridine rings is 1. The van der Waals surface area contributed by atoms with Crippen molar-refractivity contribution in [1.29, 1.82) is 0 Å². The van der Waals surface area contributed by atoms with Gasteiger partial charge in [-0.1, -0.05) is 12.1 Å². The highest BCUT2D eigenvalue weighted by molar-refractivity contribution is 5.46. The van der Waals surface area contributed by atoms with Crippen LogP contribution in [-0.2, 0) is 6.42 Å². The minimum absolute atomic E-state index is 0.195. The molecule has 0 aliphatic rings. The van der Waals surface area contributed by atoms with E-state index in [1.54, 1.807) is 12.4 Å². The first-order valence-electron chi connectivity index (χ1n) is 6.16. The molecule has 3 heteroatoms. The highest BCUT2D eigenvalue weighted by Crippen LogP contribution is 2.18. The molecule has 0 spiro atoms. The number of benzene rings is 1. The maximum absolute atomic E-state index is 8.86. The third kappa shape index (κ3) is 3.31. The Labute approximate surface area is 108 Å². The van der Waals surface area contributed by atoms with Crippen LogP contribution in [0.3, 0.4) is 0 Å². The summed E-state index contributed by atoms with van der Waals surface area (Å²) in [6, 6.07) is 12.4. The van der Waals surface area contributed by atoms with Crippen molar-refractivity contribution in [3.63, 3.8) is 0 Å². The normalized spacial score (nSPS) is 12.1. The van der Waals surface area contributed by atoms with Crippen LogP contribution in [0.1, 0.15) is 24.1 Å². The van der Waals surface area contributed by atoms with Gasteiger partial charge in [0.25, 0.3) is 0 Å². The van der Waals surface area contributed by atoms with Gasteiger partial charge in [-0.25, -0.2) is 0 Å². The lowest BCUT2D eigenvalue weighted by atomic mass is 10.1. The van der Waals surface area contributed by atoms with E-state index in [-0.39, 0.29) is 12.6 Å². The molecule has 2 aromatic rings. The summed E-state index contributed by atoms with van der Waals surface area (Å²) >= 11 is 0. The number of nitrogens with one attached hydrogen (secondary N) is 1. The smallest absolute Gasteiger partial charge is 0.0486 e. The first kappa shape index (κ1) is 12.6. The average Bonchev–Trinajstić information content (AvgIpc) is 2.42. The lowest BCUT2D eigenvalue weighted by Gasteiger charge is -2.15. The third-order valence-corrected chi connectivity index (χ3v) is 2.94. The predicted octanol–water partition coefficient (Wildman–Crippen LogP) is 2.79. The third-order valence-electron chi connectivity index (χ3n) is 2.94. The van der Waals surface area contributed by atoms with Gasteiger partial charge in [0.2, 0.25) is 0 Å². The number of nitrogens with zero attached hydrogens (tertiary/aromatic N) is 1. The molecular formula is C15H18N2O. The van der Waals surface area contributed by atoms with Gasteiger partial charge in [0.1, 0.15) is 0 Å². The van der Waals surface area contributed by atoms with Crippen molar-refractivity contribution < 1.29 is 5.11 Å². The second kappa shape index (κ2) is 6.17. The molecule has 0 saturated carbocycles. The Balaban J connectivity index is 2.01. The van der Waals surface area contributed by atoms with Crippen LogP contribution in [0.15, 0.2) is 48.8 Å². The highest BCUT2D eigenvalue weighted by atomic mass is 16.2. The molecule has 1 unspecified atom stereocenters. The maximum Gasteiger partial charge on any atom is 0.0486 e. The van der Waals surface area contributed by atoms with E-state index in [2.05, 4.69) is 17.2 Å². The van der Waals surface area contributed by atoms with E-state index in [9.17, 15) is 0 Å². The summed E-state index contributed by atoms with van der Waals surface area (Å²) in [6.07, 6.45) is 4.32. The van der Waals surface area contributed by atoms with Crippen LogP contribution >= 0.6 is 0 Å². The zero-order chi connectivity index (χ0) is 12.8. The molecule has 0 radical (unpaired) electrons. The van der Waals surface area contributed by atoms with Gasteiger partial charge in [0.15, 0.2) is 0 Å². The van der Waals surface area contributed by atoms with Crippen LogP contribution in [0.4, 0.5) is 5.69 Å². The molecule has 0 fully saturated rings. The summed E-state index contributed by atoms with van der Waals surface area (Å²) in [5.74, 6) is 0. The molecule has 18 heavy (non-hydrogen) atoms. The number of hydrogen-bond donors (Lipinski definition) is 2. The van der Waals surface area contributed by atoms with Crippen LogP contribution in [-0.4, -0.2) is 16.7 Å². The second-order valence-electron chi connectivity index (χ2n) is 4.32. The molecule has 1 atom stereocenters. The second-order valence-corrected chi connectivity index (χ2v) is 4.32. The number of aliphatic hydroxyl groups excluding tert-OH is 1. The van der Waals surface area contributed by atoms with E-state index >= 15 is 0 Å². The summed E-state index contributed by atoms with van der Waals surface area (Å²) < 4.78 is 0. The summed E-state index contributed by atoms with van der Waals surface area (Å²) in [6.45, 7) is 2.32. The monoisotopic (exact) mass is 242 g/mol. The van der Waals surface area contributed by atoms with Crippen molar-refractivity contribution in [2.45, 2.75) is 19.4 Å². The van der Waals surface area contributed by atoms with E-state index in [0.717, 1.165) is 11.3 Å². The van der Waals surface area contributed by atoms with Gasteiger partial charge in [-0.2, -0.15) is 0 Å². The molecule has 1 aromatic heterocycles. The number of hydrogen-bond acceptors (Lipinski definition) is 3. The molecule has 1 heterocycles. The summed E-state index contributed by atoms with van der Waals surface area (Å²) in [4.78, 5) is 4.02. The van der Waals surface area contributed by atoms with Gasteiger partial charge >= 0.3 is 0 Å². The first-order chi connectivity index (χ1) is 8.79. The molecule has 0 saturated heterocycles. The van der Waals surface area contributed by atoms with E-state index in [1.807, 2.05) is 36.4 Å². The minimum Gasteiger partial charge on any atom is -0.396 e. The molecular weight excluding hydrogens is 224 g/mol. The van der Waals surface area contributed by atoms with E-state index in [1.165, 1.54) is 5.56 Å². The molecule has 0 aliphatic carbocycles. The summed E-state index contributed by atoms with van der Waals surface area (Å²) in [7, 11) is 0. The van der Waals surface area contributed by atoms with Crippen LogP contribution in [0.2, 0.25) is 0 Å². The number of aromatic nitrogens is 1. The fourth-order valence-electron chi connectivity index (χ4n) is 1.88. The van der Waals surface area contributed by atoms with Gasteiger partial charge in [-0.15, -0.1) is 0 Å². The quantitative estimate of drug-likeness (QED) is 0.847. The SMILES string of the molecule is CC(Nc1ccc(CCO)cc1)c1ccncc1. The zero-order valence-corrected chi connectivity index (χ0v) is 10.5. The molecule has 0 aliphatic heterocycles. The Morgan fingerprint density at radius 3 is 2.39 bits per heavy atom. The lowest BCUT2D eigenvalue weighted by molar-refractivity contribution is 0.299. The van der Waals surface area contributed by atoms with Gasteiger partial charge in [-0.05, 0) is 48.7 Å². The van der Waals surface area contributed by atoms with Crippen molar-refractivity contribution in [1.82, 2.24) is 4.98 Å². The Hall–Kier alpha value is -1.87. The van der Waals surface area contributed by atoms with Gasteiger partial charge < -0.3 is 10.4 Å². The fourth-order valence-corrected chi connectivity index (χ4v) is 1.88. The van der Waals surface area contributed by atoms with E-state index < -0.39 is 0 Å². The maximum atomic E-state index is 8.86. The Morgan fingerprint density at radius 1 is 1.11 bits per heavy atom. The van der Waals surface area contributed by atoms with Gasteiger partial charge in [0, 0.05) is 30.7 Å². The van der Waals surface area contributed by atoms with Crippen molar-refractivity contribution in [2.24, 2.45) is 0 Å². The highest BCUT2D eigenvalue weighted by Gasteiger charge is 2.04. The predicted molar refractivity (Wildman–Crippen MR) is 73.5 cm³/mol. The van der Waals surface area contributed by atoms with Crippen molar-refractivity contribution >= 4 is 5.69 Å². The van der Waals surface area contributed by atoms with Crippen LogP contribution in [0.5, 0.6) is 0 Å². The standard InChI is InChI=1S/C15H18N2O/c1-12(14-6-9-16-10-7-14)17-15-4-2-13(3-5-15)8-11-18/h2-7,9-10,12,17-18H,8,11H2,1H3. The number of rotatable bonds is 5. The molecule has 0 amide bonds. The Kier molecular flexibility index (Phi) is 4.31. The largest absolute Gasteiger partial charge is 0.396 e. The average molecular weight is 242 g/mol. The molecule has 2 rings (SSSR count). The molecule has 94 valence electrons. The fraction of sp³-hybridized carbons (Fsp3) is 0.267. The Bertz CT molecular complexity index is 468. The lowest BCUT2D eigenvalue weighted by Crippen LogP contribution is -2.06. The van der Waals surface area contributed by atoms with Gasteiger partial charge in [-0.3, -0.25) is 4.98 Å². The van der Waals surface area contributed by atoms with Crippen LogP contribution in [0.25, 0.3) is 0 Å². The molecule has 1 aromatic carbocycles. The van der Waals surface area contributed by atoms with Crippen LogP contribution < -0.4 is 5.32 Å². The van der Waals surface area contributed by atoms with Crippen molar-refractivity contribution in [2.75, 3.05) is 11.9 Å². The minimum atomic E-state index is 0.195. The molecule has 2 N–H and O–H groups in total. The van der Waals surface area contributed by atoms with E-state index in [4.69, 9.17) is 5.11 Å². The first-order valence-corrected chi connectivity index (χ1v) is 6.16. The number of anilines is 1.